The highest BCUT2D eigenvalue weighted by Gasteiger charge is 2.12. The normalized spacial score (nSPS) is 10.9. The van der Waals surface area contributed by atoms with Gasteiger partial charge in [0.15, 0.2) is 0 Å². The van der Waals surface area contributed by atoms with Crippen LogP contribution in [0.25, 0.3) is 21.9 Å². The molecule has 0 saturated carbocycles. The SMILES string of the molecule is CCOC(=O)c1ccc2oc3cc(O)ccc3c(=O)c2c1. The van der Waals surface area contributed by atoms with Crippen LogP contribution in [-0.2, 0) is 4.74 Å². The van der Waals surface area contributed by atoms with Crippen LogP contribution in [0.2, 0.25) is 0 Å². The predicted molar refractivity (Wildman–Crippen MR) is 77.6 cm³/mol. The number of benzene rings is 2. The first-order valence-electron chi connectivity index (χ1n) is 6.47. The molecule has 2 aromatic carbocycles. The number of fused-ring (bicyclic) bond motifs is 2. The molecule has 1 aromatic heterocycles. The number of carbonyl (C=O) groups is 1. The maximum Gasteiger partial charge on any atom is 0.338 e. The molecular weight excluding hydrogens is 272 g/mol. The lowest BCUT2D eigenvalue weighted by Gasteiger charge is -2.04. The minimum Gasteiger partial charge on any atom is -0.508 e. The van der Waals surface area contributed by atoms with E-state index in [9.17, 15) is 14.7 Å². The van der Waals surface area contributed by atoms with E-state index in [0.717, 1.165) is 0 Å². The van der Waals surface area contributed by atoms with Gasteiger partial charge in [0, 0.05) is 6.07 Å². The molecule has 5 heteroatoms. The second kappa shape index (κ2) is 4.94. The molecule has 0 spiro atoms. The Kier molecular flexibility index (Phi) is 3.10. The van der Waals surface area contributed by atoms with Crippen molar-refractivity contribution in [2.75, 3.05) is 6.61 Å². The molecular formula is C16H12O5. The van der Waals surface area contributed by atoms with Crippen molar-refractivity contribution < 1.29 is 19.1 Å². The van der Waals surface area contributed by atoms with Gasteiger partial charge in [-0.25, -0.2) is 4.79 Å². The third kappa shape index (κ3) is 2.23. The first-order chi connectivity index (χ1) is 10.1. The Hall–Kier alpha value is -2.82. The van der Waals surface area contributed by atoms with Gasteiger partial charge in [0.1, 0.15) is 16.9 Å². The van der Waals surface area contributed by atoms with Crippen LogP contribution in [0.5, 0.6) is 5.75 Å². The number of rotatable bonds is 2. The molecule has 0 saturated heterocycles. The maximum atomic E-state index is 12.4. The molecule has 1 N–H and O–H groups in total. The molecule has 3 aromatic rings. The highest BCUT2D eigenvalue weighted by molar-refractivity contribution is 5.96. The molecule has 0 fully saturated rings. The lowest BCUT2D eigenvalue weighted by molar-refractivity contribution is 0.0526. The zero-order chi connectivity index (χ0) is 15.0. The van der Waals surface area contributed by atoms with E-state index in [1.54, 1.807) is 13.0 Å². The average molecular weight is 284 g/mol. The second-order valence-corrected chi connectivity index (χ2v) is 4.54. The monoisotopic (exact) mass is 284 g/mol. The number of phenolic OH excluding ortho intramolecular Hbond substituents is 1. The van der Waals surface area contributed by atoms with E-state index < -0.39 is 5.97 Å². The molecule has 0 aliphatic heterocycles. The van der Waals surface area contributed by atoms with E-state index in [4.69, 9.17) is 9.15 Å². The fraction of sp³-hybridized carbons (Fsp3) is 0.125. The van der Waals surface area contributed by atoms with Gasteiger partial charge in [-0.3, -0.25) is 4.79 Å². The Labute approximate surface area is 119 Å². The number of hydrogen-bond acceptors (Lipinski definition) is 5. The fourth-order valence-electron chi connectivity index (χ4n) is 2.18. The van der Waals surface area contributed by atoms with Crippen molar-refractivity contribution in [3.63, 3.8) is 0 Å². The minimum absolute atomic E-state index is 0.0214. The number of carbonyl (C=O) groups excluding carboxylic acids is 1. The summed E-state index contributed by atoms with van der Waals surface area (Å²) in [6, 6.07) is 8.85. The Morgan fingerprint density at radius 3 is 2.71 bits per heavy atom. The summed E-state index contributed by atoms with van der Waals surface area (Å²) in [5.74, 6) is -0.460. The molecule has 5 nitrogen and oxygen atoms in total. The summed E-state index contributed by atoms with van der Waals surface area (Å²) in [5, 5.41) is 10.1. The van der Waals surface area contributed by atoms with Gasteiger partial charge in [-0.2, -0.15) is 0 Å². The molecule has 0 aliphatic rings. The van der Waals surface area contributed by atoms with Gasteiger partial charge in [-0.1, -0.05) is 0 Å². The van der Waals surface area contributed by atoms with Crippen molar-refractivity contribution in [1.82, 2.24) is 0 Å². The maximum absolute atomic E-state index is 12.4. The number of phenols is 1. The van der Waals surface area contributed by atoms with Crippen molar-refractivity contribution in [2.45, 2.75) is 6.92 Å². The van der Waals surface area contributed by atoms with Gasteiger partial charge in [0.25, 0.3) is 0 Å². The van der Waals surface area contributed by atoms with E-state index in [1.165, 1.54) is 30.3 Å². The zero-order valence-electron chi connectivity index (χ0n) is 11.3. The Bertz CT molecular complexity index is 908. The largest absolute Gasteiger partial charge is 0.508 e. The number of ether oxygens (including phenoxy) is 1. The van der Waals surface area contributed by atoms with Crippen LogP contribution in [0, 0.1) is 0 Å². The van der Waals surface area contributed by atoms with Gasteiger partial charge in [0.05, 0.1) is 22.9 Å². The summed E-state index contributed by atoms with van der Waals surface area (Å²) < 4.78 is 10.5. The van der Waals surface area contributed by atoms with Crippen molar-refractivity contribution in [2.24, 2.45) is 0 Å². The molecule has 106 valence electrons. The summed E-state index contributed by atoms with van der Waals surface area (Å²) in [7, 11) is 0. The Morgan fingerprint density at radius 2 is 1.95 bits per heavy atom. The van der Waals surface area contributed by atoms with Crippen LogP contribution in [0.4, 0.5) is 0 Å². The zero-order valence-corrected chi connectivity index (χ0v) is 11.3. The van der Waals surface area contributed by atoms with E-state index in [2.05, 4.69) is 0 Å². The molecule has 21 heavy (non-hydrogen) atoms. The van der Waals surface area contributed by atoms with Crippen LogP contribution in [0.3, 0.4) is 0 Å². The van der Waals surface area contributed by atoms with Crippen molar-refractivity contribution >= 4 is 27.9 Å². The fourth-order valence-corrected chi connectivity index (χ4v) is 2.18. The van der Waals surface area contributed by atoms with Crippen molar-refractivity contribution in [1.29, 1.82) is 0 Å². The standard InChI is InChI=1S/C16H12O5/c1-2-20-16(19)9-3-6-13-12(7-9)15(18)11-5-4-10(17)8-14(11)21-13/h3-8,17H,2H2,1H3. The summed E-state index contributed by atoms with van der Waals surface area (Å²) in [6.07, 6.45) is 0. The third-order valence-electron chi connectivity index (χ3n) is 3.17. The smallest absolute Gasteiger partial charge is 0.338 e. The molecule has 0 radical (unpaired) electrons. The summed E-state index contributed by atoms with van der Waals surface area (Å²) >= 11 is 0. The van der Waals surface area contributed by atoms with E-state index >= 15 is 0 Å². The van der Waals surface area contributed by atoms with Gasteiger partial charge in [-0.05, 0) is 37.3 Å². The van der Waals surface area contributed by atoms with E-state index in [1.807, 2.05) is 0 Å². The quantitative estimate of drug-likeness (QED) is 0.578. The Morgan fingerprint density at radius 1 is 1.14 bits per heavy atom. The highest BCUT2D eigenvalue weighted by atomic mass is 16.5. The van der Waals surface area contributed by atoms with Gasteiger partial charge in [-0.15, -0.1) is 0 Å². The molecule has 0 atom stereocenters. The van der Waals surface area contributed by atoms with Crippen LogP contribution >= 0.6 is 0 Å². The van der Waals surface area contributed by atoms with Crippen LogP contribution in [0.15, 0.2) is 45.6 Å². The lowest BCUT2D eigenvalue weighted by Crippen LogP contribution is -2.07. The topological polar surface area (TPSA) is 76.7 Å². The average Bonchev–Trinajstić information content (AvgIpc) is 2.47. The molecule has 3 rings (SSSR count). The summed E-state index contributed by atoms with van der Waals surface area (Å²) in [4.78, 5) is 24.2. The molecule has 1 heterocycles. The van der Waals surface area contributed by atoms with Crippen LogP contribution in [0.1, 0.15) is 17.3 Å². The molecule has 0 aliphatic carbocycles. The molecule has 0 bridgehead atoms. The van der Waals surface area contributed by atoms with E-state index in [-0.39, 0.29) is 17.8 Å². The molecule has 0 unspecified atom stereocenters. The first kappa shape index (κ1) is 13.2. The van der Waals surface area contributed by atoms with Gasteiger partial charge in [0.2, 0.25) is 5.43 Å². The van der Waals surface area contributed by atoms with Gasteiger partial charge >= 0.3 is 5.97 Å². The molecule has 0 amide bonds. The van der Waals surface area contributed by atoms with Gasteiger partial charge < -0.3 is 14.3 Å². The Balaban J connectivity index is 2.28. The summed E-state index contributed by atoms with van der Waals surface area (Å²) in [5.41, 5.74) is 0.703. The predicted octanol–water partition coefficient (Wildman–Crippen LogP) is 2.83. The first-order valence-corrected chi connectivity index (χ1v) is 6.47. The van der Waals surface area contributed by atoms with E-state index in [0.29, 0.717) is 27.5 Å². The number of esters is 1. The lowest BCUT2D eigenvalue weighted by atomic mass is 10.1. The van der Waals surface area contributed by atoms with Crippen molar-refractivity contribution in [3.05, 3.63) is 52.2 Å². The minimum atomic E-state index is -0.482. The second-order valence-electron chi connectivity index (χ2n) is 4.54. The summed E-state index contributed by atoms with van der Waals surface area (Å²) in [6.45, 7) is 1.98. The van der Waals surface area contributed by atoms with Crippen LogP contribution in [-0.4, -0.2) is 17.7 Å². The highest BCUT2D eigenvalue weighted by Crippen LogP contribution is 2.23. The van der Waals surface area contributed by atoms with Crippen LogP contribution < -0.4 is 5.43 Å². The van der Waals surface area contributed by atoms with Crippen molar-refractivity contribution in [3.8, 4) is 5.75 Å². The number of aromatic hydroxyl groups is 1. The third-order valence-corrected chi connectivity index (χ3v) is 3.17. The number of hydrogen-bond donors (Lipinski definition) is 1.